The van der Waals surface area contributed by atoms with Crippen molar-refractivity contribution in [2.75, 3.05) is 36.0 Å². The molecule has 5 heteroatoms. The Hall–Kier alpha value is -2.56. The third-order valence-corrected chi connectivity index (χ3v) is 5.63. The summed E-state index contributed by atoms with van der Waals surface area (Å²) >= 11 is 0. The van der Waals surface area contributed by atoms with Gasteiger partial charge >= 0.3 is 0 Å². The van der Waals surface area contributed by atoms with Crippen molar-refractivity contribution in [2.45, 2.75) is 48.0 Å². The van der Waals surface area contributed by atoms with Crippen molar-refractivity contribution in [3.8, 4) is 11.5 Å². The minimum atomic E-state index is -0.0842. The summed E-state index contributed by atoms with van der Waals surface area (Å²) in [6.07, 6.45) is 0.908. The molecule has 0 atom stereocenters. The highest BCUT2D eigenvalue weighted by atomic mass is 16.3. The van der Waals surface area contributed by atoms with Crippen LogP contribution in [0.15, 0.2) is 27.4 Å². The number of hydrogen-bond donors (Lipinski definition) is 0. The lowest BCUT2D eigenvalue weighted by atomic mass is 10.0. The predicted octanol–water partition coefficient (Wildman–Crippen LogP) is 4.86. The Bertz CT molecular complexity index is 1000. The summed E-state index contributed by atoms with van der Waals surface area (Å²) in [6.45, 7) is 16.2. The van der Waals surface area contributed by atoms with Crippen molar-refractivity contribution in [3.05, 3.63) is 39.5 Å². The molecule has 1 aliphatic carbocycles. The van der Waals surface area contributed by atoms with Gasteiger partial charge in [-0.25, -0.2) is 4.98 Å². The molecule has 0 spiro atoms. The van der Waals surface area contributed by atoms with Crippen molar-refractivity contribution < 1.29 is 4.42 Å². The van der Waals surface area contributed by atoms with Crippen LogP contribution < -0.4 is 15.2 Å². The molecule has 2 aliphatic rings. The number of rotatable bonds is 7. The Kier molecular flexibility index (Phi) is 5.92. The average molecular weight is 382 g/mol. The van der Waals surface area contributed by atoms with E-state index in [-0.39, 0.29) is 5.43 Å². The minimum absolute atomic E-state index is 0.0842. The Morgan fingerprint density at radius 3 is 2.07 bits per heavy atom. The molecule has 1 heterocycles. The molecule has 1 aliphatic heterocycles. The molecule has 0 saturated carbocycles. The monoisotopic (exact) mass is 381 g/mol. The lowest BCUT2D eigenvalue weighted by molar-refractivity contribution is 0.607. The standard InChI is InChI=1S/C23H31N3O2/c1-7-16-12-17-21(14-19(16)26(10-4)11-5)28-23-15(6)18(25(8-2)9-3)13-20(27)22(23)24-17/h12-14H,7-11H2,1-6H3. The molecule has 0 radical (unpaired) electrons. The van der Waals surface area contributed by atoms with E-state index in [9.17, 15) is 4.79 Å². The molecule has 3 rings (SSSR count). The van der Waals surface area contributed by atoms with Crippen LogP contribution >= 0.6 is 0 Å². The van der Waals surface area contributed by atoms with E-state index in [2.05, 4.69) is 56.6 Å². The number of nitrogens with zero attached hydrogens (tertiary/aromatic N) is 3. The average Bonchev–Trinajstić information content (AvgIpc) is 2.71. The SMILES string of the molecule is CCc1cc2nc3c(=O)cc(N(CC)CC)c(C)c-3oc2cc1N(CC)CC. The maximum Gasteiger partial charge on any atom is 0.210 e. The first-order valence-corrected chi connectivity index (χ1v) is 10.4. The molecule has 0 amide bonds. The molecule has 0 N–H and O–H groups in total. The van der Waals surface area contributed by atoms with Gasteiger partial charge in [-0.2, -0.15) is 0 Å². The van der Waals surface area contributed by atoms with Crippen LogP contribution in [0, 0.1) is 6.92 Å². The van der Waals surface area contributed by atoms with Crippen molar-refractivity contribution in [1.29, 1.82) is 0 Å². The van der Waals surface area contributed by atoms with E-state index in [1.807, 2.05) is 6.92 Å². The molecule has 1 aromatic rings. The van der Waals surface area contributed by atoms with E-state index in [0.29, 0.717) is 11.5 Å². The molecule has 0 saturated heterocycles. The fourth-order valence-corrected chi connectivity index (χ4v) is 3.97. The molecule has 28 heavy (non-hydrogen) atoms. The lowest BCUT2D eigenvalue weighted by Gasteiger charge is -2.25. The number of benzene rings is 2. The molecule has 0 aromatic heterocycles. The maximum absolute atomic E-state index is 12.8. The van der Waals surface area contributed by atoms with Gasteiger partial charge in [-0.05, 0) is 52.7 Å². The highest BCUT2D eigenvalue weighted by molar-refractivity contribution is 5.83. The number of fused-ring (bicyclic) bond motifs is 2. The summed E-state index contributed by atoms with van der Waals surface area (Å²) in [5.74, 6) is 0.594. The summed E-state index contributed by atoms with van der Waals surface area (Å²) in [5, 5.41) is 0. The maximum atomic E-state index is 12.8. The third-order valence-electron chi connectivity index (χ3n) is 5.63. The highest BCUT2D eigenvalue weighted by Gasteiger charge is 2.22. The number of aryl methyl sites for hydroxylation is 1. The number of hydrogen-bond acceptors (Lipinski definition) is 5. The molecule has 0 bridgehead atoms. The van der Waals surface area contributed by atoms with E-state index in [1.54, 1.807) is 6.07 Å². The first-order valence-electron chi connectivity index (χ1n) is 10.4. The van der Waals surface area contributed by atoms with E-state index >= 15 is 0 Å². The number of aromatic nitrogens is 1. The third kappa shape index (κ3) is 3.34. The topological polar surface area (TPSA) is 49.6 Å². The fraction of sp³-hybridized carbons (Fsp3) is 0.478. The minimum Gasteiger partial charge on any atom is -0.452 e. The first-order chi connectivity index (χ1) is 13.5. The fourth-order valence-electron chi connectivity index (χ4n) is 3.97. The second-order valence-electron chi connectivity index (χ2n) is 7.06. The van der Waals surface area contributed by atoms with Gasteiger partial charge in [0.15, 0.2) is 17.0 Å². The normalized spacial score (nSPS) is 11.4. The van der Waals surface area contributed by atoms with Gasteiger partial charge in [0.1, 0.15) is 5.52 Å². The van der Waals surface area contributed by atoms with Gasteiger partial charge in [0.25, 0.3) is 0 Å². The number of anilines is 2. The van der Waals surface area contributed by atoms with Gasteiger partial charge in [0, 0.05) is 55.2 Å². The van der Waals surface area contributed by atoms with E-state index in [0.717, 1.165) is 55.0 Å². The van der Waals surface area contributed by atoms with E-state index in [1.165, 1.54) is 11.3 Å². The van der Waals surface area contributed by atoms with Crippen molar-refractivity contribution in [2.24, 2.45) is 0 Å². The van der Waals surface area contributed by atoms with Gasteiger partial charge in [-0.15, -0.1) is 0 Å². The summed E-state index contributed by atoms with van der Waals surface area (Å²) in [4.78, 5) is 22.0. The molecular formula is C23H31N3O2. The molecule has 1 aromatic carbocycles. The van der Waals surface area contributed by atoms with Gasteiger partial charge in [0.2, 0.25) is 5.43 Å². The smallest absolute Gasteiger partial charge is 0.210 e. The van der Waals surface area contributed by atoms with Crippen LogP contribution in [0.25, 0.3) is 22.6 Å². The van der Waals surface area contributed by atoms with Crippen molar-refractivity contribution in [1.82, 2.24) is 4.98 Å². The van der Waals surface area contributed by atoms with Gasteiger partial charge in [0.05, 0.1) is 0 Å². The summed E-state index contributed by atoms with van der Waals surface area (Å²) in [7, 11) is 0. The Morgan fingerprint density at radius 2 is 1.50 bits per heavy atom. The second kappa shape index (κ2) is 8.21. The van der Waals surface area contributed by atoms with Crippen LogP contribution in [-0.4, -0.2) is 31.2 Å². The Morgan fingerprint density at radius 1 is 0.893 bits per heavy atom. The molecule has 5 nitrogen and oxygen atoms in total. The predicted molar refractivity (Wildman–Crippen MR) is 118 cm³/mol. The summed E-state index contributed by atoms with van der Waals surface area (Å²) in [6, 6.07) is 5.85. The van der Waals surface area contributed by atoms with Gasteiger partial charge < -0.3 is 14.2 Å². The molecule has 0 unspecified atom stereocenters. The zero-order chi connectivity index (χ0) is 20.4. The molecule has 0 fully saturated rings. The van der Waals surface area contributed by atoms with E-state index < -0.39 is 0 Å². The lowest BCUT2D eigenvalue weighted by Crippen LogP contribution is -2.25. The van der Waals surface area contributed by atoms with Crippen LogP contribution in [0.2, 0.25) is 0 Å². The van der Waals surface area contributed by atoms with Crippen LogP contribution in [0.4, 0.5) is 11.4 Å². The van der Waals surface area contributed by atoms with Crippen LogP contribution in [-0.2, 0) is 6.42 Å². The molecule has 150 valence electrons. The summed E-state index contributed by atoms with van der Waals surface area (Å²) in [5.41, 5.74) is 6.11. The van der Waals surface area contributed by atoms with Gasteiger partial charge in [-0.3, -0.25) is 4.79 Å². The quantitative estimate of drug-likeness (QED) is 0.547. The first kappa shape index (κ1) is 20.2. The van der Waals surface area contributed by atoms with Crippen molar-refractivity contribution >= 4 is 22.5 Å². The second-order valence-corrected chi connectivity index (χ2v) is 7.06. The van der Waals surface area contributed by atoms with Gasteiger partial charge in [-0.1, -0.05) is 6.92 Å². The van der Waals surface area contributed by atoms with Crippen LogP contribution in [0.1, 0.15) is 45.7 Å². The zero-order valence-corrected chi connectivity index (χ0v) is 17.9. The zero-order valence-electron chi connectivity index (χ0n) is 17.9. The Labute approximate surface area is 167 Å². The van der Waals surface area contributed by atoms with E-state index in [4.69, 9.17) is 9.40 Å². The van der Waals surface area contributed by atoms with Crippen LogP contribution in [0.5, 0.6) is 0 Å². The van der Waals surface area contributed by atoms with Crippen molar-refractivity contribution in [3.63, 3.8) is 0 Å². The van der Waals surface area contributed by atoms with Crippen LogP contribution in [0.3, 0.4) is 0 Å². The Balaban J connectivity index is 2.32. The summed E-state index contributed by atoms with van der Waals surface area (Å²) < 4.78 is 6.30. The largest absolute Gasteiger partial charge is 0.452 e. The highest BCUT2D eigenvalue weighted by Crippen LogP contribution is 2.34. The molecular weight excluding hydrogens is 350 g/mol.